The first kappa shape index (κ1) is 29.4. The fourth-order valence-electron chi connectivity index (χ4n) is 8.15. The van der Waals surface area contributed by atoms with Gasteiger partial charge in [-0.1, -0.05) is 115 Å². The van der Waals surface area contributed by atoms with Crippen molar-refractivity contribution >= 4 is 65.4 Å². The molecule has 0 atom stereocenters. The topological polar surface area (TPSA) is 68.5 Å². The average molecular weight is 680 g/mol. The first-order chi connectivity index (χ1) is 26.2. The monoisotopic (exact) mass is 679 g/mol. The fourth-order valence-corrected chi connectivity index (χ4v) is 8.15. The van der Waals surface area contributed by atoms with E-state index >= 15 is 0 Å². The zero-order valence-electron chi connectivity index (χ0n) is 28.4. The van der Waals surface area contributed by atoms with Crippen LogP contribution in [-0.2, 0) is 0 Å². The van der Waals surface area contributed by atoms with Crippen molar-refractivity contribution in [2.24, 2.45) is 0 Å². The maximum atomic E-state index is 14.2. The number of benzene rings is 7. The van der Waals surface area contributed by atoms with Crippen LogP contribution in [0.15, 0.2) is 175 Å². The molecule has 0 aliphatic rings. The molecule has 0 saturated carbocycles. The van der Waals surface area contributed by atoms with Crippen molar-refractivity contribution in [3.63, 3.8) is 0 Å². The summed E-state index contributed by atoms with van der Waals surface area (Å²) < 4.78 is 4.27. The van der Waals surface area contributed by atoms with Gasteiger partial charge >= 0.3 is 0 Å². The fraction of sp³-hybridized carbons (Fsp3) is 0. The second-order valence-corrected chi connectivity index (χ2v) is 13.5. The lowest BCUT2D eigenvalue weighted by molar-refractivity contribution is 1.01. The first-order valence-corrected chi connectivity index (χ1v) is 17.7. The molecule has 11 aromatic rings. The highest BCUT2D eigenvalue weighted by molar-refractivity contribution is 6.21. The predicted octanol–water partition coefficient (Wildman–Crippen LogP) is 11.0. The predicted molar refractivity (Wildman–Crippen MR) is 217 cm³/mol. The highest BCUT2D eigenvalue weighted by Gasteiger charge is 2.22. The molecule has 0 fully saturated rings. The van der Waals surface area contributed by atoms with Crippen molar-refractivity contribution in [1.29, 1.82) is 0 Å². The summed E-state index contributed by atoms with van der Waals surface area (Å²) in [5, 5.41) is 6.14. The molecule has 0 spiro atoms. The lowest BCUT2D eigenvalue weighted by atomic mass is 10.00. The molecule has 0 aliphatic heterocycles. The summed E-state index contributed by atoms with van der Waals surface area (Å²) >= 11 is 0. The standard InChI is InChI=1S/C47H29N5O/c53-46-45-43(34-18-7-10-20-38(34)48-46)37-28-31(30-23-25-41-36(27-30)33-17-9-12-22-40(33)51(41)32-15-5-2-6-16-32)24-26-42(37)52(45)47-49-39-21-11-8-19-35(39)44(50-47)29-13-3-1-4-14-29/h1-28H,(H,48,53). The largest absolute Gasteiger partial charge is 0.320 e. The third-order valence-electron chi connectivity index (χ3n) is 10.5. The van der Waals surface area contributed by atoms with Crippen LogP contribution in [0.2, 0.25) is 0 Å². The lowest BCUT2D eigenvalue weighted by Gasteiger charge is -2.11. The molecule has 0 bridgehead atoms. The van der Waals surface area contributed by atoms with Gasteiger partial charge in [0.05, 0.1) is 27.8 Å². The Bertz CT molecular complexity index is 3300. The Kier molecular flexibility index (Phi) is 6.30. The molecule has 0 radical (unpaired) electrons. The van der Waals surface area contributed by atoms with Gasteiger partial charge in [-0.05, 0) is 65.7 Å². The Hall–Kier alpha value is -7.31. The second kappa shape index (κ2) is 11.4. The number of hydrogen-bond acceptors (Lipinski definition) is 3. The summed E-state index contributed by atoms with van der Waals surface area (Å²) in [6.07, 6.45) is 0. The molecular formula is C47H29N5O. The van der Waals surface area contributed by atoms with Crippen LogP contribution in [0.3, 0.4) is 0 Å². The van der Waals surface area contributed by atoms with E-state index in [0.29, 0.717) is 11.5 Å². The number of aromatic amines is 1. The maximum absolute atomic E-state index is 14.2. The molecule has 7 aromatic carbocycles. The Morgan fingerprint density at radius 2 is 1.06 bits per heavy atom. The van der Waals surface area contributed by atoms with Gasteiger partial charge in [0, 0.05) is 49.1 Å². The van der Waals surface area contributed by atoms with Crippen molar-refractivity contribution < 1.29 is 0 Å². The molecule has 4 heterocycles. The molecule has 6 heteroatoms. The van der Waals surface area contributed by atoms with E-state index < -0.39 is 0 Å². The van der Waals surface area contributed by atoms with Gasteiger partial charge in [-0.3, -0.25) is 9.36 Å². The normalized spacial score (nSPS) is 11.8. The highest BCUT2D eigenvalue weighted by atomic mass is 16.1. The number of hydrogen-bond donors (Lipinski definition) is 1. The smallest absolute Gasteiger partial charge is 0.273 e. The number of fused-ring (bicyclic) bond motifs is 9. The SMILES string of the molecule is O=c1[nH]c2ccccc2c2c3cc(-c4ccc5c(c4)c4ccccc4n5-c4ccccc4)ccc3n(-c3nc(-c4ccccc4)c4ccccc4n3)c12. The third-order valence-corrected chi connectivity index (χ3v) is 10.5. The third kappa shape index (κ3) is 4.42. The van der Waals surface area contributed by atoms with Crippen molar-refractivity contribution in [1.82, 2.24) is 24.1 Å². The van der Waals surface area contributed by atoms with Crippen molar-refractivity contribution in [3.05, 3.63) is 180 Å². The van der Waals surface area contributed by atoms with Crippen LogP contribution >= 0.6 is 0 Å². The van der Waals surface area contributed by atoms with E-state index in [9.17, 15) is 4.79 Å². The zero-order valence-corrected chi connectivity index (χ0v) is 28.4. The molecule has 0 amide bonds. The molecule has 11 rings (SSSR count). The van der Waals surface area contributed by atoms with Gasteiger partial charge in [0.1, 0.15) is 5.52 Å². The van der Waals surface area contributed by atoms with Crippen LogP contribution < -0.4 is 5.56 Å². The summed E-state index contributed by atoms with van der Waals surface area (Å²) in [7, 11) is 0. The van der Waals surface area contributed by atoms with Crippen molar-refractivity contribution in [3.8, 4) is 34.0 Å². The van der Waals surface area contributed by atoms with Crippen molar-refractivity contribution in [2.75, 3.05) is 0 Å². The molecule has 1 N–H and O–H groups in total. The molecule has 248 valence electrons. The van der Waals surface area contributed by atoms with Gasteiger partial charge < -0.3 is 9.55 Å². The number of pyridine rings is 1. The Morgan fingerprint density at radius 3 is 1.85 bits per heavy atom. The van der Waals surface area contributed by atoms with Crippen LogP contribution in [0.1, 0.15) is 0 Å². The Balaban J connectivity index is 1.20. The summed E-state index contributed by atoms with van der Waals surface area (Å²) in [5.41, 5.74) is 10.2. The summed E-state index contributed by atoms with van der Waals surface area (Å²) in [6, 6.07) is 58.5. The minimum Gasteiger partial charge on any atom is -0.320 e. The number of rotatable bonds is 4. The van der Waals surface area contributed by atoms with E-state index in [1.165, 1.54) is 16.3 Å². The van der Waals surface area contributed by atoms with Crippen molar-refractivity contribution in [2.45, 2.75) is 0 Å². The van der Waals surface area contributed by atoms with E-state index in [1.54, 1.807) is 0 Å². The molecule has 4 aromatic heterocycles. The van der Waals surface area contributed by atoms with Gasteiger partial charge in [-0.2, -0.15) is 0 Å². The Morgan fingerprint density at radius 1 is 0.453 bits per heavy atom. The van der Waals surface area contributed by atoms with E-state index in [1.807, 2.05) is 71.3 Å². The van der Waals surface area contributed by atoms with E-state index in [-0.39, 0.29) is 5.56 Å². The van der Waals surface area contributed by atoms with E-state index in [0.717, 1.165) is 71.7 Å². The molecule has 53 heavy (non-hydrogen) atoms. The minimum absolute atomic E-state index is 0.190. The number of para-hydroxylation sites is 4. The Labute approximate surface area is 302 Å². The highest BCUT2D eigenvalue weighted by Crippen LogP contribution is 2.39. The second-order valence-electron chi connectivity index (χ2n) is 13.5. The van der Waals surface area contributed by atoms with Crippen LogP contribution in [0.4, 0.5) is 0 Å². The first-order valence-electron chi connectivity index (χ1n) is 17.7. The van der Waals surface area contributed by atoms with Gasteiger partial charge in [0.2, 0.25) is 5.95 Å². The molecule has 0 saturated heterocycles. The number of H-pyrrole nitrogens is 1. The molecule has 6 nitrogen and oxygen atoms in total. The van der Waals surface area contributed by atoms with Gasteiger partial charge in [0.25, 0.3) is 5.56 Å². The van der Waals surface area contributed by atoms with E-state index in [2.05, 4.69) is 113 Å². The number of nitrogens with zero attached hydrogens (tertiary/aromatic N) is 4. The minimum atomic E-state index is -0.190. The van der Waals surface area contributed by atoms with Crippen LogP contribution in [0, 0.1) is 0 Å². The number of aromatic nitrogens is 5. The zero-order chi connectivity index (χ0) is 35.0. The van der Waals surface area contributed by atoms with E-state index in [4.69, 9.17) is 9.97 Å². The quantitative estimate of drug-likeness (QED) is 0.201. The summed E-state index contributed by atoms with van der Waals surface area (Å²) in [4.78, 5) is 27.6. The van der Waals surface area contributed by atoms with Crippen LogP contribution in [-0.4, -0.2) is 24.1 Å². The molecular weight excluding hydrogens is 651 g/mol. The van der Waals surface area contributed by atoms with Gasteiger partial charge in [-0.25, -0.2) is 9.97 Å². The van der Waals surface area contributed by atoms with Gasteiger partial charge in [-0.15, -0.1) is 0 Å². The maximum Gasteiger partial charge on any atom is 0.273 e. The molecule has 0 unspecified atom stereocenters. The number of nitrogens with one attached hydrogen (secondary N) is 1. The molecule has 0 aliphatic carbocycles. The lowest BCUT2D eigenvalue weighted by Crippen LogP contribution is -2.12. The average Bonchev–Trinajstić information content (AvgIpc) is 3.74. The van der Waals surface area contributed by atoms with Gasteiger partial charge in [0.15, 0.2) is 0 Å². The van der Waals surface area contributed by atoms with Crippen LogP contribution in [0.5, 0.6) is 0 Å². The van der Waals surface area contributed by atoms with Crippen LogP contribution in [0.25, 0.3) is 99.4 Å². The summed E-state index contributed by atoms with van der Waals surface area (Å²) in [5.74, 6) is 0.450. The summed E-state index contributed by atoms with van der Waals surface area (Å²) in [6.45, 7) is 0.